The summed E-state index contributed by atoms with van der Waals surface area (Å²) in [5.41, 5.74) is -1.42. The molecule has 1 aliphatic carbocycles. The Morgan fingerprint density at radius 3 is 2.42 bits per heavy atom. The lowest BCUT2D eigenvalue weighted by Crippen LogP contribution is -2.35. The maximum atomic E-state index is 13.9. The first-order valence-corrected chi connectivity index (χ1v) is 4.47. The summed E-state index contributed by atoms with van der Waals surface area (Å²) in [7, 11) is 0. The van der Waals surface area contributed by atoms with Crippen LogP contribution in [0.5, 0.6) is 0 Å². The van der Waals surface area contributed by atoms with E-state index in [4.69, 9.17) is 5.26 Å². The maximum Gasteiger partial charge on any atom is 0.113 e. The third-order valence-electron chi connectivity index (χ3n) is 3.66. The number of hydrogen-bond donors (Lipinski definition) is 0. The zero-order valence-corrected chi connectivity index (χ0v) is 8.02. The van der Waals surface area contributed by atoms with Gasteiger partial charge in [-0.05, 0) is 25.7 Å². The molecule has 0 amide bonds. The second-order valence-corrected chi connectivity index (χ2v) is 4.52. The summed E-state index contributed by atoms with van der Waals surface area (Å²) in [5.74, 6) is 0.234. The molecule has 0 saturated heterocycles. The minimum absolute atomic E-state index is 0.234. The van der Waals surface area contributed by atoms with Gasteiger partial charge in [-0.15, -0.1) is 0 Å². The fourth-order valence-corrected chi connectivity index (χ4v) is 2.02. The number of alkyl halides is 1. The Bertz CT molecular complexity index is 212. The molecule has 0 aromatic rings. The first-order valence-electron chi connectivity index (χ1n) is 4.47. The predicted octanol–water partition coefficient (Wildman–Crippen LogP) is 3.06. The topological polar surface area (TPSA) is 23.8 Å². The van der Waals surface area contributed by atoms with Crippen molar-refractivity contribution >= 4 is 0 Å². The van der Waals surface area contributed by atoms with E-state index in [0.29, 0.717) is 12.8 Å². The molecule has 0 N–H and O–H groups in total. The molecule has 2 atom stereocenters. The zero-order valence-electron chi connectivity index (χ0n) is 8.02. The third kappa shape index (κ3) is 1.22. The van der Waals surface area contributed by atoms with Gasteiger partial charge in [-0.25, -0.2) is 4.39 Å². The summed E-state index contributed by atoms with van der Waals surface area (Å²) in [6.07, 6.45) is 1.95. The Hall–Kier alpha value is -0.580. The Kier molecular flexibility index (Phi) is 2.16. The molecule has 1 aliphatic rings. The Morgan fingerprint density at radius 2 is 2.08 bits per heavy atom. The molecular weight excluding hydrogens is 153 g/mol. The van der Waals surface area contributed by atoms with Gasteiger partial charge in [0.05, 0.1) is 6.07 Å². The summed E-state index contributed by atoms with van der Waals surface area (Å²) in [4.78, 5) is 0. The highest BCUT2D eigenvalue weighted by molar-refractivity contribution is 5.03. The average Bonchev–Trinajstić information content (AvgIpc) is 2.13. The van der Waals surface area contributed by atoms with Crippen molar-refractivity contribution < 1.29 is 4.39 Å². The highest BCUT2D eigenvalue weighted by Gasteiger charge is 2.51. The van der Waals surface area contributed by atoms with Crippen LogP contribution in [0.3, 0.4) is 0 Å². The van der Waals surface area contributed by atoms with Gasteiger partial charge in [0.25, 0.3) is 0 Å². The fraction of sp³-hybridized carbons (Fsp3) is 0.900. The molecule has 12 heavy (non-hydrogen) atoms. The molecule has 68 valence electrons. The lowest BCUT2D eigenvalue weighted by Gasteiger charge is -2.34. The van der Waals surface area contributed by atoms with Gasteiger partial charge in [0.2, 0.25) is 0 Å². The van der Waals surface area contributed by atoms with Gasteiger partial charge in [-0.1, -0.05) is 13.8 Å². The third-order valence-corrected chi connectivity index (χ3v) is 3.66. The van der Waals surface area contributed by atoms with Crippen LogP contribution in [0.1, 0.15) is 40.0 Å². The van der Waals surface area contributed by atoms with E-state index in [2.05, 4.69) is 6.07 Å². The lowest BCUT2D eigenvalue weighted by molar-refractivity contribution is 0.0409. The van der Waals surface area contributed by atoms with Gasteiger partial charge in [-0.3, -0.25) is 0 Å². The molecule has 2 heteroatoms. The SMILES string of the molecule is CC1(C)[C@@H](CC#N)CC[C@]1(C)F. The van der Waals surface area contributed by atoms with Gasteiger partial charge in [0, 0.05) is 11.8 Å². The summed E-state index contributed by atoms with van der Waals surface area (Å²) < 4.78 is 13.9. The van der Waals surface area contributed by atoms with E-state index in [0.717, 1.165) is 6.42 Å². The first kappa shape index (κ1) is 9.51. The predicted molar refractivity (Wildman–Crippen MR) is 46.2 cm³/mol. The van der Waals surface area contributed by atoms with Crippen molar-refractivity contribution in [2.24, 2.45) is 11.3 Å². The molecule has 1 nitrogen and oxygen atoms in total. The molecule has 0 heterocycles. The van der Waals surface area contributed by atoms with Gasteiger partial charge in [0.1, 0.15) is 5.67 Å². The van der Waals surface area contributed by atoms with Crippen molar-refractivity contribution in [2.45, 2.75) is 45.7 Å². The van der Waals surface area contributed by atoms with Crippen molar-refractivity contribution in [3.8, 4) is 6.07 Å². The fourth-order valence-electron chi connectivity index (χ4n) is 2.02. The summed E-state index contributed by atoms with van der Waals surface area (Å²) in [5, 5.41) is 8.56. The minimum atomic E-state index is -1.09. The van der Waals surface area contributed by atoms with E-state index in [1.807, 2.05) is 13.8 Å². The van der Waals surface area contributed by atoms with Crippen molar-refractivity contribution in [3.05, 3.63) is 0 Å². The van der Waals surface area contributed by atoms with Crippen LogP contribution < -0.4 is 0 Å². The summed E-state index contributed by atoms with van der Waals surface area (Å²) >= 11 is 0. The highest BCUT2D eigenvalue weighted by Crippen LogP contribution is 2.53. The maximum absolute atomic E-state index is 13.9. The van der Waals surface area contributed by atoms with E-state index in [1.165, 1.54) is 0 Å². The molecule has 1 fully saturated rings. The standard InChI is InChI=1S/C10H16FN/c1-9(2)8(5-7-12)4-6-10(9,3)11/h8H,4-6H2,1-3H3/t8-,10+/m1/s1. The van der Waals surface area contributed by atoms with Crippen LogP contribution in [0, 0.1) is 22.7 Å². The average molecular weight is 169 g/mol. The summed E-state index contributed by atoms with van der Waals surface area (Å²) in [6, 6.07) is 2.14. The molecule has 0 unspecified atom stereocenters. The van der Waals surface area contributed by atoms with E-state index >= 15 is 0 Å². The van der Waals surface area contributed by atoms with Crippen LogP contribution in [0.25, 0.3) is 0 Å². The molecule has 0 spiro atoms. The highest BCUT2D eigenvalue weighted by atomic mass is 19.1. The van der Waals surface area contributed by atoms with Crippen molar-refractivity contribution in [3.63, 3.8) is 0 Å². The molecule has 0 aromatic carbocycles. The smallest absolute Gasteiger partial charge is 0.113 e. The zero-order chi connectivity index (χ0) is 9.41. The molecule has 1 rings (SSSR count). The number of halogens is 1. The van der Waals surface area contributed by atoms with Crippen LogP contribution in [-0.2, 0) is 0 Å². The van der Waals surface area contributed by atoms with E-state index < -0.39 is 5.67 Å². The van der Waals surface area contributed by atoms with Crippen LogP contribution in [-0.4, -0.2) is 5.67 Å². The second-order valence-electron chi connectivity index (χ2n) is 4.52. The number of rotatable bonds is 1. The molecule has 1 saturated carbocycles. The quantitative estimate of drug-likeness (QED) is 0.591. The number of nitriles is 1. The van der Waals surface area contributed by atoms with Crippen molar-refractivity contribution in [1.82, 2.24) is 0 Å². The van der Waals surface area contributed by atoms with Crippen molar-refractivity contribution in [2.75, 3.05) is 0 Å². The molecule has 0 radical (unpaired) electrons. The second kappa shape index (κ2) is 2.73. The first-order chi connectivity index (χ1) is 5.42. The van der Waals surface area contributed by atoms with Crippen LogP contribution in [0.2, 0.25) is 0 Å². The normalized spacial score (nSPS) is 39.4. The molecule has 0 aromatic heterocycles. The van der Waals surface area contributed by atoms with Crippen LogP contribution in [0.4, 0.5) is 4.39 Å². The van der Waals surface area contributed by atoms with Gasteiger partial charge in [0.15, 0.2) is 0 Å². The molecular formula is C10H16FN. The van der Waals surface area contributed by atoms with Gasteiger partial charge < -0.3 is 0 Å². The summed E-state index contributed by atoms with van der Waals surface area (Å²) in [6.45, 7) is 5.52. The van der Waals surface area contributed by atoms with Gasteiger partial charge >= 0.3 is 0 Å². The molecule has 0 bridgehead atoms. The van der Waals surface area contributed by atoms with Crippen LogP contribution in [0.15, 0.2) is 0 Å². The Morgan fingerprint density at radius 1 is 1.50 bits per heavy atom. The Labute approximate surface area is 73.6 Å². The van der Waals surface area contributed by atoms with E-state index in [9.17, 15) is 4.39 Å². The number of hydrogen-bond acceptors (Lipinski definition) is 1. The van der Waals surface area contributed by atoms with Gasteiger partial charge in [-0.2, -0.15) is 5.26 Å². The van der Waals surface area contributed by atoms with Crippen LogP contribution >= 0.6 is 0 Å². The van der Waals surface area contributed by atoms with E-state index in [1.54, 1.807) is 6.92 Å². The number of nitrogens with zero attached hydrogens (tertiary/aromatic N) is 1. The lowest BCUT2D eigenvalue weighted by atomic mass is 9.73. The van der Waals surface area contributed by atoms with E-state index in [-0.39, 0.29) is 11.3 Å². The Balaban J connectivity index is 2.80. The van der Waals surface area contributed by atoms with Crippen molar-refractivity contribution in [1.29, 1.82) is 5.26 Å². The largest absolute Gasteiger partial charge is 0.244 e. The molecule has 0 aliphatic heterocycles. The minimum Gasteiger partial charge on any atom is -0.244 e. The monoisotopic (exact) mass is 169 g/mol.